The normalized spacial score (nSPS) is 12.2. The lowest BCUT2D eigenvalue weighted by atomic mass is 10.2. The number of hydrogen-bond acceptors (Lipinski definition) is 2. The van der Waals surface area contributed by atoms with Gasteiger partial charge in [0.2, 0.25) is 0 Å². The molecule has 3 heteroatoms. The minimum Gasteiger partial charge on any atom is -0.387 e. The summed E-state index contributed by atoms with van der Waals surface area (Å²) in [6, 6.07) is 5.32. The van der Waals surface area contributed by atoms with E-state index in [-0.39, 0.29) is 5.82 Å². The van der Waals surface area contributed by atoms with Crippen LogP contribution in [0.1, 0.15) is 33.3 Å². The number of dihydropyridines is 1. The molecular weight excluding hydrogens is 257 g/mol. The average Bonchev–Trinajstić information content (AvgIpc) is 2.47. The van der Waals surface area contributed by atoms with Gasteiger partial charge in [0.05, 0.1) is 0 Å². The van der Waals surface area contributed by atoms with Gasteiger partial charge in [-0.05, 0) is 36.9 Å². The molecule has 19 heavy (non-hydrogen) atoms. The third-order valence-electron chi connectivity index (χ3n) is 2.10. The van der Waals surface area contributed by atoms with Crippen LogP contribution in [-0.2, 0) is 0 Å². The Bertz CT molecular complexity index is 425. The van der Waals surface area contributed by atoms with Crippen molar-refractivity contribution in [2.75, 3.05) is 6.54 Å². The van der Waals surface area contributed by atoms with E-state index in [1.54, 1.807) is 6.07 Å². The largest absolute Gasteiger partial charge is 0.387 e. The summed E-state index contributed by atoms with van der Waals surface area (Å²) in [5.41, 5.74) is 0.951. The monoisotopic (exact) mass is 281 g/mol. The van der Waals surface area contributed by atoms with E-state index >= 15 is 0 Å². The van der Waals surface area contributed by atoms with Crippen LogP contribution < -0.4 is 5.32 Å². The maximum atomic E-state index is 13.5. The zero-order valence-electron chi connectivity index (χ0n) is 12.5. The molecule has 1 aliphatic rings. The lowest BCUT2D eigenvalue weighted by molar-refractivity contribution is 0.601. The molecule has 2 rings (SSSR count). The van der Waals surface area contributed by atoms with Crippen LogP contribution in [0.4, 0.5) is 4.39 Å². The zero-order valence-corrected chi connectivity index (χ0v) is 13.3. The fourth-order valence-electron chi connectivity index (χ4n) is 1.33. The molecule has 1 aliphatic heterocycles. The quantitative estimate of drug-likeness (QED) is 0.791. The van der Waals surface area contributed by atoms with Crippen molar-refractivity contribution in [3.63, 3.8) is 0 Å². The van der Waals surface area contributed by atoms with Gasteiger partial charge in [0.25, 0.3) is 0 Å². The first-order chi connectivity index (χ1) is 9.25. The minimum atomic E-state index is -0.146. The Morgan fingerprint density at radius 3 is 2.37 bits per heavy atom. The molecule has 0 saturated heterocycles. The van der Waals surface area contributed by atoms with Crippen molar-refractivity contribution >= 4 is 11.8 Å². The number of rotatable bonds is 2. The van der Waals surface area contributed by atoms with E-state index in [4.69, 9.17) is 0 Å². The smallest absolute Gasteiger partial charge is 0.137 e. The van der Waals surface area contributed by atoms with Crippen LogP contribution in [0.2, 0.25) is 0 Å². The van der Waals surface area contributed by atoms with Gasteiger partial charge in [-0.1, -0.05) is 51.6 Å². The number of aryl methyl sites for hydroxylation is 1. The maximum absolute atomic E-state index is 13.5. The standard InChI is InChI=1S/C12H12FNS.2C2H6/c1-9-2-3-12(11(13)8-9)15-10-4-6-14-7-5-10;2*1-2/h2-6,8,14H,7H2,1H3;2*1-2H3. The van der Waals surface area contributed by atoms with Crippen molar-refractivity contribution in [2.45, 2.75) is 39.5 Å². The second-order valence-corrected chi connectivity index (χ2v) is 4.50. The van der Waals surface area contributed by atoms with Crippen LogP contribution in [0.25, 0.3) is 0 Å². The third-order valence-corrected chi connectivity index (χ3v) is 3.19. The summed E-state index contributed by atoms with van der Waals surface area (Å²) in [6.45, 7) is 10.7. The van der Waals surface area contributed by atoms with Gasteiger partial charge in [-0.15, -0.1) is 0 Å². The summed E-state index contributed by atoms with van der Waals surface area (Å²) in [5, 5.41) is 3.06. The number of halogens is 1. The molecule has 0 aliphatic carbocycles. The molecule has 0 saturated carbocycles. The van der Waals surface area contributed by atoms with E-state index in [0.717, 1.165) is 17.0 Å². The van der Waals surface area contributed by atoms with Gasteiger partial charge in [0.1, 0.15) is 5.82 Å². The van der Waals surface area contributed by atoms with Crippen LogP contribution in [0.5, 0.6) is 0 Å². The van der Waals surface area contributed by atoms with Crippen LogP contribution in [-0.4, -0.2) is 6.54 Å². The Labute approximate surface area is 121 Å². The first kappa shape index (κ1) is 17.8. The van der Waals surface area contributed by atoms with Crippen LogP contribution in [0, 0.1) is 12.7 Å². The van der Waals surface area contributed by atoms with E-state index in [1.165, 1.54) is 11.8 Å². The van der Waals surface area contributed by atoms with E-state index in [9.17, 15) is 4.39 Å². The minimum absolute atomic E-state index is 0.146. The Morgan fingerprint density at radius 2 is 1.84 bits per heavy atom. The fraction of sp³-hybridized carbons (Fsp3) is 0.375. The Kier molecular flexibility index (Phi) is 9.99. The summed E-state index contributed by atoms with van der Waals surface area (Å²) in [7, 11) is 0. The summed E-state index contributed by atoms with van der Waals surface area (Å²) < 4.78 is 13.5. The van der Waals surface area contributed by atoms with Crippen molar-refractivity contribution in [2.24, 2.45) is 0 Å². The Balaban J connectivity index is 0.000000741. The second kappa shape index (κ2) is 10.7. The highest BCUT2D eigenvalue weighted by atomic mass is 32.2. The zero-order chi connectivity index (χ0) is 14.7. The predicted octanol–water partition coefficient (Wildman–Crippen LogP) is 5.28. The van der Waals surface area contributed by atoms with E-state index in [0.29, 0.717) is 4.90 Å². The molecule has 1 aromatic rings. The molecule has 1 heterocycles. The van der Waals surface area contributed by atoms with Crippen LogP contribution in [0.15, 0.2) is 46.4 Å². The lowest BCUT2D eigenvalue weighted by Gasteiger charge is -2.08. The van der Waals surface area contributed by atoms with Gasteiger partial charge < -0.3 is 5.32 Å². The van der Waals surface area contributed by atoms with Gasteiger partial charge in [0.15, 0.2) is 0 Å². The Hall–Kier alpha value is -1.22. The summed E-state index contributed by atoms with van der Waals surface area (Å²) in [5.74, 6) is -0.146. The molecule has 1 N–H and O–H groups in total. The highest BCUT2D eigenvalue weighted by molar-refractivity contribution is 8.03. The number of benzene rings is 1. The van der Waals surface area contributed by atoms with Crippen molar-refractivity contribution in [1.29, 1.82) is 0 Å². The molecular formula is C16H24FNS. The lowest BCUT2D eigenvalue weighted by Crippen LogP contribution is -2.07. The molecule has 0 aromatic heterocycles. The van der Waals surface area contributed by atoms with Crippen LogP contribution in [0.3, 0.4) is 0 Å². The van der Waals surface area contributed by atoms with Gasteiger partial charge in [0, 0.05) is 16.3 Å². The first-order valence-electron chi connectivity index (χ1n) is 6.80. The van der Waals surface area contributed by atoms with E-state index in [2.05, 4.69) is 5.32 Å². The topological polar surface area (TPSA) is 12.0 Å². The second-order valence-electron chi connectivity index (χ2n) is 3.38. The van der Waals surface area contributed by atoms with Crippen molar-refractivity contribution < 1.29 is 4.39 Å². The molecule has 1 nitrogen and oxygen atoms in total. The summed E-state index contributed by atoms with van der Waals surface area (Å²) in [4.78, 5) is 1.76. The summed E-state index contributed by atoms with van der Waals surface area (Å²) in [6.07, 6.45) is 5.88. The molecule has 0 amide bonds. The van der Waals surface area contributed by atoms with Crippen LogP contribution >= 0.6 is 11.8 Å². The molecule has 106 valence electrons. The highest BCUT2D eigenvalue weighted by Crippen LogP contribution is 2.30. The first-order valence-corrected chi connectivity index (χ1v) is 7.61. The van der Waals surface area contributed by atoms with Gasteiger partial charge in [-0.3, -0.25) is 0 Å². The molecule has 0 atom stereocenters. The van der Waals surface area contributed by atoms with Crippen molar-refractivity contribution in [1.82, 2.24) is 5.32 Å². The molecule has 0 radical (unpaired) electrons. The van der Waals surface area contributed by atoms with Crippen molar-refractivity contribution in [3.05, 3.63) is 52.8 Å². The maximum Gasteiger partial charge on any atom is 0.137 e. The third kappa shape index (κ3) is 6.48. The number of allylic oxidation sites excluding steroid dienone is 1. The number of nitrogens with one attached hydrogen (secondary N) is 1. The number of hydrogen-bond donors (Lipinski definition) is 1. The molecule has 0 bridgehead atoms. The molecule has 0 spiro atoms. The van der Waals surface area contributed by atoms with Crippen molar-refractivity contribution in [3.8, 4) is 0 Å². The highest BCUT2D eigenvalue weighted by Gasteiger charge is 2.05. The molecule has 0 unspecified atom stereocenters. The molecule has 1 aromatic carbocycles. The van der Waals surface area contributed by atoms with Gasteiger partial charge in [-0.25, -0.2) is 4.39 Å². The molecule has 0 fully saturated rings. The van der Waals surface area contributed by atoms with Gasteiger partial charge >= 0.3 is 0 Å². The average molecular weight is 281 g/mol. The van der Waals surface area contributed by atoms with E-state index < -0.39 is 0 Å². The summed E-state index contributed by atoms with van der Waals surface area (Å²) >= 11 is 1.46. The Morgan fingerprint density at radius 1 is 1.16 bits per heavy atom. The fourth-order valence-corrected chi connectivity index (χ4v) is 2.18. The van der Waals surface area contributed by atoms with E-state index in [1.807, 2.05) is 65.1 Å². The number of thioether (sulfide) groups is 1. The predicted molar refractivity (Wildman–Crippen MR) is 84.9 cm³/mol. The van der Waals surface area contributed by atoms with Gasteiger partial charge in [-0.2, -0.15) is 0 Å². The SMILES string of the molecule is CC.CC.Cc1ccc(SC2=CCNC=C2)c(F)c1.